The van der Waals surface area contributed by atoms with Crippen molar-refractivity contribution in [3.8, 4) is 5.75 Å². The fraction of sp³-hybridized carbons (Fsp3) is 0.462. The van der Waals surface area contributed by atoms with Gasteiger partial charge >= 0.3 is 5.97 Å². The third kappa shape index (κ3) is 3.45. The van der Waals surface area contributed by atoms with Crippen molar-refractivity contribution in [1.82, 2.24) is 10.6 Å². The number of piperazine rings is 1. The predicted molar refractivity (Wildman–Crippen MR) is 67.9 cm³/mol. The minimum Gasteiger partial charge on any atom is -0.492 e. The number of methoxy groups -OCH3 is 1. The summed E-state index contributed by atoms with van der Waals surface area (Å²) in [6.07, 6.45) is 0. The number of hydrogen-bond donors (Lipinski definition) is 2. The Hall–Kier alpha value is -1.59. The van der Waals surface area contributed by atoms with Gasteiger partial charge in [-0.1, -0.05) is 6.07 Å². The third-order valence-electron chi connectivity index (χ3n) is 2.83. The van der Waals surface area contributed by atoms with E-state index < -0.39 is 0 Å². The van der Waals surface area contributed by atoms with E-state index in [0.717, 1.165) is 19.6 Å². The summed E-state index contributed by atoms with van der Waals surface area (Å²) < 4.78 is 10.3. The van der Waals surface area contributed by atoms with Crippen LogP contribution in [0.15, 0.2) is 24.3 Å². The molecule has 1 aliphatic rings. The lowest BCUT2D eigenvalue weighted by Gasteiger charge is -2.24. The molecule has 1 atom stereocenters. The molecule has 0 radical (unpaired) electrons. The molecule has 1 unspecified atom stereocenters. The molecule has 2 N–H and O–H groups in total. The van der Waals surface area contributed by atoms with Crippen LogP contribution in [0, 0.1) is 0 Å². The van der Waals surface area contributed by atoms with Gasteiger partial charge in [0.25, 0.3) is 0 Å². The van der Waals surface area contributed by atoms with Gasteiger partial charge in [0.1, 0.15) is 12.4 Å². The van der Waals surface area contributed by atoms with Gasteiger partial charge in [0.15, 0.2) is 0 Å². The van der Waals surface area contributed by atoms with Crippen molar-refractivity contribution in [3.05, 3.63) is 29.8 Å². The van der Waals surface area contributed by atoms with Crippen molar-refractivity contribution in [3.63, 3.8) is 0 Å². The second-order valence-electron chi connectivity index (χ2n) is 4.19. The van der Waals surface area contributed by atoms with Crippen LogP contribution in [-0.4, -0.2) is 45.4 Å². The van der Waals surface area contributed by atoms with Gasteiger partial charge in [-0.15, -0.1) is 0 Å². The second-order valence-corrected chi connectivity index (χ2v) is 4.19. The lowest BCUT2D eigenvalue weighted by atomic mass is 10.2. The summed E-state index contributed by atoms with van der Waals surface area (Å²) in [5.41, 5.74) is 0.504. The van der Waals surface area contributed by atoms with Crippen LogP contribution in [0.1, 0.15) is 10.4 Å². The van der Waals surface area contributed by atoms with Crippen molar-refractivity contribution in [2.75, 3.05) is 33.4 Å². The first-order chi connectivity index (χ1) is 8.79. The number of benzene rings is 1. The van der Waals surface area contributed by atoms with E-state index >= 15 is 0 Å². The van der Waals surface area contributed by atoms with Crippen LogP contribution in [-0.2, 0) is 4.74 Å². The number of rotatable bonds is 4. The highest BCUT2D eigenvalue weighted by molar-refractivity contribution is 5.89. The lowest BCUT2D eigenvalue weighted by molar-refractivity contribution is 0.0600. The van der Waals surface area contributed by atoms with Gasteiger partial charge in [-0.3, -0.25) is 0 Å². The largest absolute Gasteiger partial charge is 0.492 e. The van der Waals surface area contributed by atoms with Gasteiger partial charge in [0, 0.05) is 19.6 Å². The zero-order chi connectivity index (χ0) is 12.8. The van der Waals surface area contributed by atoms with E-state index in [2.05, 4.69) is 15.4 Å². The highest BCUT2D eigenvalue weighted by atomic mass is 16.5. The van der Waals surface area contributed by atoms with Crippen LogP contribution in [0.3, 0.4) is 0 Å². The number of ether oxygens (including phenoxy) is 2. The molecule has 98 valence electrons. The molecule has 0 aromatic heterocycles. The van der Waals surface area contributed by atoms with E-state index in [9.17, 15) is 4.79 Å². The molecule has 1 saturated heterocycles. The highest BCUT2D eigenvalue weighted by Crippen LogP contribution is 2.14. The maximum absolute atomic E-state index is 11.4. The van der Waals surface area contributed by atoms with Crippen LogP contribution < -0.4 is 15.4 Å². The Labute approximate surface area is 106 Å². The molecule has 1 fully saturated rings. The van der Waals surface area contributed by atoms with Crippen molar-refractivity contribution >= 4 is 5.97 Å². The summed E-state index contributed by atoms with van der Waals surface area (Å²) in [6.45, 7) is 3.43. The monoisotopic (exact) mass is 250 g/mol. The molecular weight excluding hydrogens is 232 g/mol. The normalized spacial score (nSPS) is 19.3. The molecular formula is C13H18N2O3. The predicted octanol–water partition coefficient (Wildman–Crippen LogP) is 0.413. The van der Waals surface area contributed by atoms with Crippen LogP contribution in [0.4, 0.5) is 0 Å². The molecule has 5 heteroatoms. The molecule has 1 aromatic carbocycles. The topological polar surface area (TPSA) is 59.6 Å². The van der Waals surface area contributed by atoms with E-state index in [1.807, 2.05) is 6.07 Å². The first-order valence-corrected chi connectivity index (χ1v) is 6.05. The Morgan fingerprint density at radius 2 is 2.33 bits per heavy atom. The summed E-state index contributed by atoms with van der Waals surface area (Å²) in [6, 6.07) is 7.33. The molecule has 18 heavy (non-hydrogen) atoms. The zero-order valence-corrected chi connectivity index (χ0v) is 10.4. The molecule has 1 aliphatic heterocycles. The minimum absolute atomic E-state index is 0.306. The molecule has 0 saturated carbocycles. The summed E-state index contributed by atoms with van der Waals surface area (Å²) >= 11 is 0. The summed E-state index contributed by atoms with van der Waals surface area (Å²) in [7, 11) is 1.37. The van der Waals surface area contributed by atoms with Gasteiger partial charge in [-0.05, 0) is 18.2 Å². The van der Waals surface area contributed by atoms with Crippen molar-refractivity contribution in [2.45, 2.75) is 6.04 Å². The first kappa shape index (κ1) is 12.9. The number of hydrogen-bond acceptors (Lipinski definition) is 5. The van der Waals surface area contributed by atoms with E-state index in [1.165, 1.54) is 7.11 Å². The fourth-order valence-corrected chi connectivity index (χ4v) is 1.86. The van der Waals surface area contributed by atoms with Crippen LogP contribution in [0.2, 0.25) is 0 Å². The zero-order valence-electron chi connectivity index (χ0n) is 10.4. The first-order valence-electron chi connectivity index (χ1n) is 6.05. The quantitative estimate of drug-likeness (QED) is 0.758. The van der Waals surface area contributed by atoms with Gasteiger partial charge < -0.3 is 20.1 Å². The van der Waals surface area contributed by atoms with E-state index in [4.69, 9.17) is 4.74 Å². The summed E-state index contributed by atoms with van der Waals surface area (Å²) in [5, 5.41) is 6.65. The van der Waals surface area contributed by atoms with Crippen molar-refractivity contribution in [2.24, 2.45) is 0 Å². The number of carbonyl (C=O) groups excluding carboxylic acids is 1. The Kier molecular flexibility index (Phi) is 4.55. The van der Waals surface area contributed by atoms with Crippen molar-refractivity contribution in [1.29, 1.82) is 0 Å². The minimum atomic E-state index is -0.349. The van der Waals surface area contributed by atoms with Gasteiger partial charge in [-0.2, -0.15) is 0 Å². The van der Waals surface area contributed by atoms with Crippen LogP contribution in [0.5, 0.6) is 5.75 Å². The molecule has 2 rings (SSSR count). The summed E-state index contributed by atoms with van der Waals surface area (Å²) in [4.78, 5) is 11.4. The molecule has 1 heterocycles. The summed E-state index contributed by atoms with van der Waals surface area (Å²) in [5.74, 6) is 0.336. The van der Waals surface area contributed by atoms with E-state index in [-0.39, 0.29) is 5.97 Å². The second kappa shape index (κ2) is 6.37. The average molecular weight is 250 g/mol. The molecule has 0 bridgehead atoms. The smallest absolute Gasteiger partial charge is 0.337 e. The van der Waals surface area contributed by atoms with Gasteiger partial charge in [-0.25, -0.2) is 4.79 Å². The van der Waals surface area contributed by atoms with Crippen molar-refractivity contribution < 1.29 is 14.3 Å². The molecule has 0 aliphatic carbocycles. The Balaban J connectivity index is 1.90. The van der Waals surface area contributed by atoms with Gasteiger partial charge in [0.2, 0.25) is 0 Å². The number of esters is 1. The maximum Gasteiger partial charge on any atom is 0.337 e. The molecule has 5 nitrogen and oxygen atoms in total. The number of nitrogens with one attached hydrogen (secondary N) is 2. The molecule has 0 spiro atoms. The SMILES string of the molecule is COC(=O)c1cccc(OCC2CNCCN2)c1. The lowest BCUT2D eigenvalue weighted by Crippen LogP contribution is -2.50. The third-order valence-corrected chi connectivity index (χ3v) is 2.83. The fourth-order valence-electron chi connectivity index (χ4n) is 1.86. The number of carbonyl (C=O) groups is 1. The molecule has 0 amide bonds. The Morgan fingerprint density at radius 1 is 1.44 bits per heavy atom. The Bertz CT molecular complexity index is 403. The van der Waals surface area contributed by atoms with Crippen LogP contribution >= 0.6 is 0 Å². The highest BCUT2D eigenvalue weighted by Gasteiger charge is 2.13. The standard InChI is InChI=1S/C13H18N2O3/c1-17-13(16)10-3-2-4-12(7-10)18-9-11-8-14-5-6-15-11/h2-4,7,11,14-15H,5-6,8-9H2,1H3. The Morgan fingerprint density at radius 3 is 3.06 bits per heavy atom. The average Bonchev–Trinajstić information content (AvgIpc) is 2.45. The molecule has 1 aromatic rings. The van der Waals surface area contributed by atoms with E-state index in [0.29, 0.717) is 24.0 Å². The maximum atomic E-state index is 11.4. The van der Waals surface area contributed by atoms with Gasteiger partial charge in [0.05, 0.1) is 18.7 Å². The van der Waals surface area contributed by atoms with E-state index in [1.54, 1.807) is 18.2 Å². The van der Waals surface area contributed by atoms with Crippen LogP contribution in [0.25, 0.3) is 0 Å².